The normalized spacial score (nSPS) is 18.0. The van der Waals surface area contributed by atoms with Crippen molar-refractivity contribution in [1.29, 1.82) is 0 Å². The van der Waals surface area contributed by atoms with Crippen LogP contribution in [-0.2, 0) is 16.8 Å². The molecule has 4 aromatic rings. The molecule has 8 heteroatoms. The topological polar surface area (TPSA) is 64.4 Å². The standard InChI is InChI=1S/C30H25Cl2N3O3/c1-16(2)27-26-28(35(33-27)22-7-5-6-8-24(22)38-4)29(37)34(23-15-20(32)10-9-17(23)3)30(26)21-12-11-19(31)13-18(21)14-25(30)36/h5-13,15-16H,14H2,1-4H3. The van der Waals surface area contributed by atoms with Gasteiger partial charge in [0.25, 0.3) is 5.91 Å². The van der Waals surface area contributed by atoms with Crippen molar-refractivity contribution >= 4 is 40.6 Å². The van der Waals surface area contributed by atoms with Crippen LogP contribution < -0.4 is 9.64 Å². The number of hydrogen-bond acceptors (Lipinski definition) is 4. The third kappa shape index (κ3) is 3.23. The van der Waals surface area contributed by atoms with Gasteiger partial charge in [0.15, 0.2) is 11.3 Å². The molecule has 0 radical (unpaired) electrons. The molecule has 1 amide bonds. The lowest BCUT2D eigenvalue weighted by Gasteiger charge is -2.37. The highest BCUT2D eigenvalue weighted by atomic mass is 35.5. The molecule has 1 aliphatic heterocycles. The molecule has 0 N–H and O–H groups in total. The minimum Gasteiger partial charge on any atom is -0.494 e. The molecule has 3 aromatic carbocycles. The average molecular weight is 546 g/mol. The van der Waals surface area contributed by atoms with Gasteiger partial charge in [-0.25, -0.2) is 4.68 Å². The van der Waals surface area contributed by atoms with Crippen LogP contribution in [0.4, 0.5) is 5.69 Å². The zero-order valence-corrected chi connectivity index (χ0v) is 22.9. The highest BCUT2D eigenvalue weighted by Gasteiger charge is 2.63. The van der Waals surface area contributed by atoms with Crippen LogP contribution in [-0.4, -0.2) is 28.6 Å². The summed E-state index contributed by atoms with van der Waals surface area (Å²) < 4.78 is 7.27. The molecule has 2 aliphatic rings. The Hall–Kier alpha value is -3.61. The molecular formula is C30H25Cl2N3O3. The van der Waals surface area contributed by atoms with Gasteiger partial charge in [0.05, 0.1) is 18.5 Å². The monoisotopic (exact) mass is 545 g/mol. The van der Waals surface area contributed by atoms with Gasteiger partial charge >= 0.3 is 0 Å². The van der Waals surface area contributed by atoms with Crippen molar-refractivity contribution in [3.05, 3.63) is 104 Å². The third-order valence-electron chi connectivity index (χ3n) is 7.50. The maximum absolute atomic E-state index is 14.7. The van der Waals surface area contributed by atoms with Crippen molar-refractivity contribution < 1.29 is 14.3 Å². The number of hydrogen-bond donors (Lipinski definition) is 0. The van der Waals surface area contributed by atoms with Gasteiger partial charge in [-0.1, -0.05) is 61.3 Å². The molecule has 38 heavy (non-hydrogen) atoms. The Balaban J connectivity index is 1.77. The summed E-state index contributed by atoms with van der Waals surface area (Å²) in [5, 5.41) is 5.97. The van der Waals surface area contributed by atoms with Crippen LogP contribution in [0, 0.1) is 6.92 Å². The summed E-state index contributed by atoms with van der Waals surface area (Å²) in [7, 11) is 1.58. The molecule has 1 unspecified atom stereocenters. The Labute approximate surface area is 230 Å². The summed E-state index contributed by atoms with van der Waals surface area (Å²) in [6.07, 6.45) is 0.149. The fraction of sp³-hybridized carbons (Fsp3) is 0.233. The molecule has 2 heterocycles. The number of aromatic nitrogens is 2. The number of para-hydroxylation sites is 2. The Morgan fingerprint density at radius 3 is 2.42 bits per heavy atom. The lowest BCUT2D eigenvalue weighted by atomic mass is 9.81. The number of ketones is 1. The van der Waals surface area contributed by atoms with Crippen molar-refractivity contribution in [3.63, 3.8) is 0 Å². The lowest BCUT2D eigenvalue weighted by Crippen LogP contribution is -2.50. The number of nitrogens with zero attached hydrogens (tertiary/aromatic N) is 3. The number of fused-ring (bicyclic) bond motifs is 4. The molecule has 6 rings (SSSR count). The van der Waals surface area contributed by atoms with E-state index >= 15 is 0 Å². The van der Waals surface area contributed by atoms with Crippen molar-refractivity contribution in [1.82, 2.24) is 9.78 Å². The van der Waals surface area contributed by atoms with Crippen LogP contribution in [0.3, 0.4) is 0 Å². The van der Waals surface area contributed by atoms with Gasteiger partial charge in [-0.3, -0.25) is 14.5 Å². The van der Waals surface area contributed by atoms with E-state index < -0.39 is 5.54 Å². The smallest absolute Gasteiger partial charge is 0.278 e. The predicted octanol–water partition coefficient (Wildman–Crippen LogP) is 6.65. The Morgan fingerprint density at radius 1 is 0.974 bits per heavy atom. The maximum atomic E-state index is 14.7. The predicted molar refractivity (Wildman–Crippen MR) is 148 cm³/mol. The van der Waals surface area contributed by atoms with E-state index in [0.29, 0.717) is 44.1 Å². The van der Waals surface area contributed by atoms with Crippen LogP contribution in [0.25, 0.3) is 5.69 Å². The second-order valence-electron chi connectivity index (χ2n) is 10.0. The van der Waals surface area contributed by atoms with Gasteiger partial charge in [-0.15, -0.1) is 0 Å². The number of aryl methyl sites for hydroxylation is 1. The number of halogens is 2. The molecule has 1 aromatic heterocycles. The molecule has 0 saturated heterocycles. The molecule has 192 valence electrons. The van der Waals surface area contributed by atoms with Crippen LogP contribution in [0.1, 0.15) is 58.2 Å². The van der Waals surface area contributed by atoms with E-state index in [9.17, 15) is 9.59 Å². The molecule has 1 aliphatic carbocycles. The van der Waals surface area contributed by atoms with E-state index in [1.165, 1.54) is 0 Å². The Bertz CT molecular complexity index is 1660. The van der Waals surface area contributed by atoms with Crippen LogP contribution in [0.2, 0.25) is 10.0 Å². The van der Waals surface area contributed by atoms with Crippen molar-refractivity contribution in [2.45, 2.75) is 38.6 Å². The van der Waals surface area contributed by atoms with Crippen molar-refractivity contribution in [2.24, 2.45) is 0 Å². The second-order valence-corrected chi connectivity index (χ2v) is 10.9. The van der Waals surface area contributed by atoms with Gasteiger partial charge in [-0.05, 0) is 65.9 Å². The van der Waals surface area contributed by atoms with E-state index in [1.807, 2.05) is 63.2 Å². The number of benzene rings is 3. The van der Waals surface area contributed by atoms with Gasteiger partial charge in [0.1, 0.15) is 17.1 Å². The summed E-state index contributed by atoms with van der Waals surface area (Å²) >= 11 is 12.8. The third-order valence-corrected chi connectivity index (χ3v) is 7.97. The zero-order valence-electron chi connectivity index (χ0n) is 21.4. The fourth-order valence-electron chi connectivity index (χ4n) is 5.89. The van der Waals surface area contributed by atoms with Gasteiger partial charge < -0.3 is 4.74 Å². The largest absolute Gasteiger partial charge is 0.494 e. The number of Topliss-reactive ketones (excluding diaryl/α,β-unsaturated/α-hetero) is 1. The number of carbonyl (C=O) groups is 2. The minimum absolute atomic E-state index is 0.0751. The number of amides is 1. The first kappa shape index (κ1) is 24.7. The van der Waals surface area contributed by atoms with E-state index in [0.717, 1.165) is 16.7 Å². The molecule has 0 saturated carbocycles. The van der Waals surface area contributed by atoms with Crippen molar-refractivity contribution in [2.75, 3.05) is 12.0 Å². The number of methoxy groups -OCH3 is 1. The molecule has 0 fully saturated rings. The first-order valence-corrected chi connectivity index (χ1v) is 13.2. The summed E-state index contributed by atoms with van der Waals surface area (Å²) in [4.78, 5) is 30.7. The summed E-state index contributed by atoms with van der Waals surface area (Å²) in [6, 6.07) is 18.2. The SMILES string of the molecule is COc1ccccc1-n1nc(C(C)C)c2c1C(=O)N(c1cc(Cl)ccc1C)C21C(=O)Cc2cc(Cl)ccc21. The van der Waals surface area contributed by atoms with Crippen molar-refractivity contribution in [3.8, 4) is 11.4 Å². The molecular weight excluding hydrogens is 521 g/mol. The Kier molecular flexibility index (Phi) is 5.67. The molecule has 6 nitrogen and oxygen atoms in total. The first-order chi connectivity index (χ1) is 18.2. The Morgan fingerprint density at radius 2 is 1.68 bits per heavy atom. The highest BCUT2D eigenvalue weighted by molar-refractivity contribution is 6.31. The van der Waals surface area contributed by atoms with Crippen LogP contribution in [0.5, 0.6) is 5.75 Å². The minimum atomic E-state index is -1.40. The second kappa shape index (κ2) is 8.72. The van der Waals surface area contributed by atoms with E-state index in [4.69, 9.17) is 33.0 Å². The quantitative estimate of drug-likeness (QED) is 0.288. The van der Waals surface area contributed by atoms with Crippen LogP contribution in [0.15, 0.2) is 60.7 Å². The lowest BCUT2D eigenvalue weighted by molar-refractivity contribution is -0.121. The summed E-state index contributed by atoms with van der Waals surface area (Å²) in [5.74, 6) is 0.0563. The summed E-state index contributed by atoms with van der Waals surface area (Å²) in [6.45, 7) is 5.94. The fourth-order valence-corrected chi connectivity index (χ4v) is 6.25. The zero-order chi connectivity index (χ0) is 26.9. The molecule has 0 bridgehead atoms. The van der Waals surface area contributed by atoms with E-state index in [-0.39, 0.29) is 24.0 Å². The van der Waals surface area contributed by atoms with Gasteiger partial charge in [-0.2, -0.15) is 5.10 Å². The number of rotatable bonds is 4. The number of ether oxygens (including phenoxy) is 1. The number of anilines is 1. The van der Waals surface area contributed by atoms with E-state index in [1.54, 1.807) is 34.9 Å². The molecule has 1 spiro atoms. The highest BCUT2D eigenvalue weighted by Crippen LogP contribution is 2.55. The first-order valence-electron chi connectivity index (χ1n) is 12.4. The van der Waals surface area contributed by atoms with Crippen LogP contribution >= 0.6 is 23.2 Å². The molecule has 1 atom stereocenters. The van der Waals surface area contributed by atoms with Gasteiger partial charge in [0.2, 0.25) is 0 Å². The maximum Gasteiger partial charge on any atom is 0.278 e. The number of carbonyl (C=O) groups excluding carboxylic acids is 2. The van der Waals surface area contributed by atoms with Gasteiger partial charge in [0, 0.05) is 22.0 Å². The average Bonchev–Trinajstić information content (AvgIpc) is 3.50. The summed E-state index contributed by atoms with van der Waals surface area (Å²) in [5.41, 5.74) is 3.78. The van der Waals surface area contributed by atoms with E-state index in [2.05, 4.69) is 0 Å².